The molecule has 0 bridgehead atoms. The van der Waals surface area contributed by atoms with Gasteiger partial charge in [0, 0.05) is 21.2 Å². The molecule has 0 aliphatic carbocycles. The molecule has 2 aromatic carbocycles. The Bertz CT molecular complexity index is 785. The van der Waals surface area contributed by atoms with Gasteiger partial charge >= 0.3 is 0 Å². The standard InChI is InChI=1S/C17H14BrN3/c1-11-15(12-7-3-2-4-8-12)20-17(21-16(11)19)13-9-5-6-10-14(13)18/h2-10H,1H3,(H2,19,20,21). The molecule has 0 radical (unpaired) electrons. The number of halogens is 1. The lowest BCUT2D eigenvalue weighted by molar-refractivity contribution is 1.15. The SMILES string of the molecule is Cc1c(N)nc(-c2ccccc2Br)nc1-c1ccccc1. The Hall–Kier alpha value is -2.20. The van der Waals surface area contributed by atoms with Crippen molar-refractivity contribution < 1.29 is 0 Å². The van der Waals surface area contributed by atoms with Gasteiger partial charge < -0.3 is 5.73 Å². The number of nitrogen functional groups attached to an aromatic ring is 1. The maximum atomic E-state index is 6.08. The first kappa shape index (κ1) is 13.8. The third kappa shape index (κ3) is 2.67. The summed E-state index contributed by atoms with van der Waals surface area (Å²) in [6.45, 7) is 1.95. The number of benzene rings is 2. The summed E-state index contributed by atoms with van der Waals surface area (Å²) in [5.74, 6) is 1.14. The molecular formula is C17H14BrN3. The van der Waals surface area contributed by atoms with E-state index in [2.05, 4.69) is 20.9 Å². The van der Waals surface area contributed by atoms with Gasteiger partial charge in [-0.1, -0.05) is 64.5 Å². The van der Waals surface area contributed by atoms with Crippen LogP contribution < -0.4 is 5.73 Å². The molecular weight excluding hydrogens is 326 g/mol. The van der Waals surface area contributed by atoms with Crippen molar-refractivity contribution in [1.29, 1.82) is 0 Å². The normalized spacial score (nSPS) is 10.6. The summed E-state index contributed by atoms with van der Waals surface area (Å²) in [4.78, 5) is 9.14. The van der Waals surface area contributed by atoms with Gasteiger partial charge in [0.2, 0.25) is 0 Å². The Morgan fingerprint density at radius 3 is 2.29 bits per heavy atom. The van der Waals surface area contributed by atoms with Crippen LogP contribution in [0.5, 0.6) is 0 Å². The van der Waals surface area contributed by atoms with E-state index in [0.717, 1.165) is 26.9 Å². The summed E-state index contributed by atoms with van der Waals surface area (Å²) >= 11 is 3.54. The molecule has 4 heteroatoms. The number of hydrogen-bond donors (Lipinski definition) is 1. The van der Waals surface area contributed by atoms with E-state index in [-0.39, 0.29) is 0 Å². The van der Waals surface area contributed by atoms with Gasteiger partial charge in [-0.2, -0.15) is 0 Å². The van der Waals surface area contributed by atoms with Crippen molar-refractivity contribution in [1.82, 2.24) is 9.97 Å². The van der Waals surface area contributed by atoms with E-state index >= 15 is 0 Å². The number of anilines is 1. The topological polar surface area (TPSA) is 51.8 Å². The molecule has 0 unspecified atom stereocenters. The number of nitrogens with two attached hydrogens (primary N) is 1. The van der Waals surface area contributed by atoms with Crippen LogP contribution in [0.2, 0.25) is 0 Å². The van der Waals surface area contributed by atoms with E-state index in [4.69, 9.17) is 10.7 Å². The second-order valence-electron chi connectivity index (χ2n) is 4.75. The van der Waals surface area contributed by atoms with Crippen molar-refractivity contribution in [3.05, 3.63) is 64.6 Å². The zero-order valence-corrected chi connectivity index (χ0v) is 13.1. The second kappa shape index (κ2) is 5.66. The number of hydrogen-bond acceptors (Lipinski definition) is 3. The Morgan fingerprint density at radius 2 is 1.57 bits per heavy atom. The summed E-state index contributed by atoms with van der Waals surface area (Å²) in [5, 5.41) is 0. The van der Waals surface area contributed by atoms with Gasteiger partial charge in [0.05, 0.1) is 5.69 Å². The Labute approximate surface area is 132 Å². The molecule has 0 spiro atoms. The summed E-state index contributed by atoms with van der Waals surface area (Å²) in [7, 11) is 0. The molecule has 0 amide bonds. The van der Waals surface area contributed by atoms with Crippen LogP contribution in [0.25, 0.3) is 22.6 Å². The predicted octanol–water partition coefficient (Wildman–Crippen LogP) is 4.46. The van der Waals surface area contributed by atoms with Crippen LogP contribution in [-0.2, 0) is 0 Å². The van der Waals surface area contributed by atoms with E-state index in [1.54, 1.807) is 0 Å². The third-order valence-corrected chi connectivity index (χ3v) is 4.04. The van der Waals surface area contributed by atoms with E-state index in [1.807, 2.05) is 61.5 Å². The second-order valence-corrected chi connectivity index (χ2v) is 5.61. The predicted molar refractivity (Wildman–Crippen MR) is 89.8 cm³/mol. The molecule has 3 rings (SSSR count). The highest BCUT2D eigenvalue weighted by Crippen LogP contribution is 2.30. The molecule has 21 heavy (non-hydrogen) atoms. The van der Waals surface area contributed by atoms with Crippen LogP contribution in [0.3, 0.4) is 0 Å². The van der Waals surface area contributed by atoms with Gasteiger partial charge in [-0.15, -0.1) is 0 Å². The largest absolute Gasteiger partial charge is 0.383 e. The minimum atomic E-state index is 0.509. The van der Waals surface area contributed by atoms with E-state index in [9.17, 15) is 0 Å². The van der Waals surface area contributed by atoms with Gasteiger partial charge in [0.15, 0.2) is 5.82 Å². The van der Waals surface area contributed by atoms with Crippen LogP contribution >= 0.6 is 15.9 Å². The van der Waals surface area contributed by atoms with Gasteiger partial charge in [-0.3, -0.25) is 0 Å². The fourth-order valence-corrected chi connectivity index (χ4v) is 2.64. The molecule has 0 fully saturated rings. The van der Waals surface area contributed by atoms with Gasteiger partial charge in [0.1, 0.15) is 5.82 Å². The Balaban J connectivity index is 2.22. The van der Waals surface area contributed by atoms with E-state index < -0.39 is 0 Å². The fraction of sp³-hybridized carbons (Fsp3) is 0.0588. The lowest BCUT2D eigenvalue weighted by atomic mass is 10.1. The highest BCUT2D eigenvalue weighted by Gasteiger charge is 2.13. The van der Waals surface area contributed by atoms with Gasteiger partial charge in [-0.25, -0.2) is 9.97 Å². The quantitative estimate of drug-likeness (QED) is 0.749. The first-order chi connectivity index (χ1) is 10.2. The molecule has 0 saturated carbocycles. The number of nitrogens with zero attached hydrogens (tertiary/aromatic N) is 2. The van der Waals surface area contributed by atoms with Crippen molar-refractivity contribution in [2.24, 2.45) is 0 Å². The Morgan fingerprint density at radius 1 is 0.905 bits per heavy atom. The van der Waals surface area contributed by atoms with Crippen LogP contribution in [-0.4, -0.2) is 9.97 Å². The zero-order chi connectivity index (χ0) is 14.8. The molecule has 3 nitrogen and oxygen atoms in total. The molecule has 0 atom stereocenters. The fourth-order valence-electron chi connectivity index (χ4n) is 2.17. The zero-order valence-electron chi connectivity index (χ0n) is 11.5. The van der Waals surface area contributed by atoms with Crippen LogP contribution in [0.4, 0.5) is 5.82 Å². The van der Waals surface area contributed by atoms with E-state index in [0.29, 0.717) is 11.6 Å². The van der Waals surface area contributed by atoms with Crippen molar-refractivity contribution in [2.45, 2.75) is 6.92 Å². The van der Waals surface area contributed by atoms with Crippen LogP contribution in [0.15, 0.2) is 59.1 Å². The highest BCUT2D eigenvalue weighted by atomic mass is 79.9. The van der Waals surface area contributed by atoms with Crippen molar-refractivity contribution in [2.75, 3.05) is 5.73 Å². The molecule has 3 aromatic rings. The lowest BCUT2D eigenvalue weighted by Gasteiger charge is -2.11. The van der Waals surface area contributed by atoms with Crippen LogP contribution in [0.1, 0.15) is 5.56 Å². The summed E-state index contributed by atoms with van der Waals surface area (Å²) in [5.41, 5.74) is 9.82. The Kier molecular flexibility index (Phi) is 3.71. The smallest absolute Gasteiger partial charge is 0.163 e. The highest BCUT2D eigenvalue weighted by molar-refractivity contribution is 9.10. The summed E-state index contributed by atoms with van der Waals surface area (Å²) < 4.78 is 0.951. The molecule has 0 aliphatic heterocycles. The van der Waals surface area contributed by atoms with Crippen LogP contribution in [0, 0.1) is 6.92 Å². The maximum Gasteiger partial charge on any atom is 0.163 e. The number of aromatic nitrogens is 2. The summed E-state index contributed by atoms with van der Waals surface area (Å²) in [6.07, 6.45) is 0. The minimum absolute atomic E-state index is 0.509. The minimum Gasteiger partial charge on any atom is -0.383 e. The molecule has 0 saturated heterocycles. The third-order valence-electron chi connectivity index (χ3n) is 3.35. The lowest BCUT2D eigenvalue weighted by Crippen LogP contribution is -2.02. The molecule has 104 valence electrons. The van der Waals surface area contributed by atoms with Crippen molar-refractivity contribution in [3.63, 3.8) is 0 Å². The first-order valence-electron chi connectivity index (χ1n) is 6.61. The van der Waals surface area contributed by atoms with Gasteiger partial charge in [-0.05, 0) is 13.0 Å². The molecule has 1 aromatic heterocycles. The van der Waals surface area contributed by atoms with Crippen molar-refractivity contribution in [3.8, 4) is 22.6 Å². The number of rotatable bonds is 2. The molecule has 1 heterocycles. The molecule has 0 aliphatic rings. The summed E-state index contributed by atoms with van der Waals surface area (Å²) in [6, 6.07) is 17.9. The van der Waals surface area contributed by atoms with Crippen molar-refractivity contribution >= 4 is 21.7 Å². The molecule has 2 N–H and O–H groups in total. The first-order valence-corrected chi connectivity index (χ1v) is 7.40. The maximum absolute atomic E-state index is 6.08. The average Bonchev–Trinajstić information content (AvgIpc) is 2.51. The monoisotopic (exact) mass is 339 g/mol. The van der Waals surface area contributed by atoms with Gasteiger partial charge in [0.25, 0.3) is 0 Å². The van der Waals surface area contributed by atoms with E-state index in [1.165, 1.54) is 0 Å². The average molecular weight is 340 g/mol.